The summed E-state index contributed by atoms with van der Waals surface area (Å²) >= 11 is 0. The molecule has 86 valence electrons. The predicted octanol–water partition coefficient (Wildman–Crippen LogP) is 0.208. The van der Waals surface area contributed by atoms with Gasteiger partial charge in [-0.2, -0.15) is 4.98 Å². The summed E-state index contributed by atoms with van der Waals surface area (Å²) in [6.45, 7) is 3.54. The van der Waals surface area contributed by atoms with E-state index in [1.807, 2.05) is 0 Å². The fourth-order valence-corrected chi connectivity index (χ4v) is 1.68. The third-order valence-electron chi connectivity index (χ3n) is 2.73. The third-order valence-corrected chi connectivity index (χ3v) is 2.73. The van der Waals surface area contributed by atoms with Gasteiger partial charge in [0.2, 0.25) is 5.91 Å². The average Bonchev–Trinajstić information content (AvgIpc) is 2.95. The first-order valence-corrected chi connectivity index (χ1v) is 5.42. The summed E-state index contributed by atoms with van der Waals surface area (Å²) < 4.78 is 0. The van der Waals surface area contributed by atoms with Gasteiger partial charge in [-0.1, -0.05) is 0 Å². The second kappa shape index (κ2) is 4.08. The molecule has 0 atom stereocenters. The van der Waals surface area contributed by atoms with Crippen LogP contribution in [0.2, 0.25) is 0 Å². The average molecular weight is 221 g/mol. The van der Waals surface area contributed by atoms with Crippen LogP contribution in [0, 0.1) is 13.8 Å². The van der Waals surface area contributed by atoms with Crippen LogP contribution in [-0.2, 0) is 11.2 Å². The number of hydrogen-bond acceptors (Lipinski definition) is 3. The molecule has 5 heteroatoms. The SMILES string of the molecule is Cc1nc(=O)[nH]c(C)c1CC(=O)NC1CC1. The molecule has 5 nitrogen and oxygen atoms in total. The van der Waals surface area contributed by atoms with E-state index in [-0.39, 0.29) is 18.0 Å². The molecule has 0 spiro atoms. The number of carbonyl (C=O) groups is 1. The van der Waals surface area contributed by atoms with Gasteiger partial charge in [0.25, 0.3) is 0 Å². The largest absolute Gasteiger partial charge is 0.353 e. The minimum atomic E-state index is -0.360. The van der Waals surface area contributed by atoms with Gasteiger partial charge < -0.3 is 10.3 Å². The van der Waals surface area contributed by atoms with Gasteiger partial charge in [-0.3, -0.25) is 4.79 Å². The molecule has 0 aromatic carbocycles. The van der Waals surface area contributed by atoms with Crippen LogP contribution < -0.4 is 11.0 Å². The summed E-state index contributed by atoms with van der Waals surface area (Å²) in [6.07, 6.45) is 2.44. The molecule has 0 saturated heterocycles. The van der Waals surface area contributed by atoms with Crippen LogP contribution in [-0.4, -0.2) is 21.9 Å². The van der Waals surface area contributed by atoms with Gasteiger partial charge in [0.05, 0.1) is 6.42 Å². The van der Waals surface area contributed by atoms with Crippen LogP contribution in [0.5, 0.6) is 0 Å². The lowest BCUT2D eigenvalue weighted by Gasteiger charge is -2.08. The van der Waals surface area contributed by atoms with Gasteiger partial charge in [0.1, 0.15) is 0 Å². The molecule has 0 unspecified atom stereocenters. The van der Waals surface area contributed by atoms with Crippen molar-refractivity contribution in [1.82, 2.24) is 15.3 Å². The molecule has 1 aromatic heterocycles. The summed E-state index contributed by atoms with van der Waals surface area (Å²) in [5.41, 5.74) is 1.81. The summed E-state index contributed by atoms with van der Waals surface area (Å²) in [5, 5.41) is 2.91. The number of H-pyrrole nitrogens is 1. The van der Waals surface area contributed by atoms with Gasteiger partial charge >= 0.3 is 5.69 Å². The molecule has 1 saturated carbocycles. The van der Waals surface area contributed by atoms with E-state index < -0.39 is 0 Å². The van der Waals surface area contributed by atoms with Crippen molar-refractivity contribution in [3.63, 3.8) is 0 Å². The van der Waals surface area contributed by atoms with Crippen LogP contribution in [0.25, 0.3) is 0 Å². The summed E-state index contributed by atoms with van der Waals surface area (Å²) in [7, 11) is 0. The monoisotopic (exact) mass is 221 g/mol. The lowest BCUT2D eigenvalue weighted by molar-refractivity contribution is -0.120. The maximum atomic E-state index is 11.6. The first-order valence-electron chi connectivity index (χ1n) is 5.42. The zero-order valence-corrected chi connectivity index (χ0v) is 9.46. The molecule has 0 bridgehead atoms. The number of aromatic amines is 1. The van der Waals surface area contributed by atoms with Crippen LogP contribution in [0.1, 0.15) is 29.8 Å². The fraction of sp³-hybridized carbons (Fsp3) is 0.545. The highest BCUT2D eigenvalue weighted by atomic mass is 16.2. The lowest BCUT2D eigenvalue weighted by atomic mass is 10.1. The van der Waals surface area contributed by atoms with Crippen molar-refractivity contribution in [3.05, 3.63) is 27.4 Å². The van der Waals surface area contributed by atoms with Crippen LogP contribution in [0.15, 0.2) is 4.79 Å². The smallest absolute Gasteiger partial charge is 0.345 e. The normalized spacial score (nSPS) is 14.9. The quantitative estimate of drug-likeness (QED) is 0.766. The summed E-state index contributed by atoms with van der Waals surface area (Å²) in [4.78, 5) is 29.1. The van der Waals surface area contributed by atoms with E-state index in [2.05, 4.69) is 15.3 Å². The zero-order valence-electron chi connectivity index (χ0n) is 9.46. The number of hydrogen-bond donors (Lipinski definition) is 2. The Labute approximate surface area is 93.3 Å². The van der Waals surface area contributed by atoms with Gasteiger partial charge in [-0.15, -0.1) is 0 Å². The molecule has 2 rings (SSSR count). The second-order valence-corrected chi connectivity index (χ2v) is 4.25. The molecular formula is C11H15N3O2. The van der Waals surface area contributed by atoms with Crippen molar-refractivity contribution in [2.45, 2.75) is 39.2 Å². The number of nitrogens with zero attached hydrogens (tertiary/aromatic N) is 1. The highest BCUT2D eigenvalue weighted by Gasteiger charge is 2.23. The lowest BCUT2D eigenvalue weighted by Crippen LogP contribution is -2.28. The molecule has 1 heterocycles. The number of aromatic nitrogens is 2. The van der Waals surface area contributed by atoms with E-state index >= 15 is 0 Å². The Morgan fingerprint density at radius 2 is 2.19 bits per heavy atom. The topological polar surface area (TPSA) is 74.8 Å². The molecular weight excluding hydrogens is 206 g/mol. The molecule has 1 fully saturated rings. The van der Waals surface area contributed by atoms with Gasteiger partial charge in [-0.25, -0.2) is 4.79 Å². The van der Waals surface area contributed by atoms with Crippen molar-refractivity contribution in [2.75, 3.05) is 0 Å². The van der Waals surface area contributed by atoms with Gasteiger partial charge in [0.15, 0.2) is 0 Å². The van der Waals surface area contributed by atoms with E-state index in [9.17, 15) is 9.59 Å². The molecule has 1 aliphatic carbocycles. The van der Waals surface area contributed by atoms with Gasteiger partial charge in [-0.05, 0) is 26.7 Å². The number of amides is 1. The molecule has 2 N–H and O–H groups in total. The van der Waals surface area contributed by atoms with E-state index in [0.29, 0.717) is 11.7 Å². The number of rotatable bonds is 3. The minimum Gasteiger partial charge on any atom is -0.353 e. The van der Waals surface area contributed by atoms with Crippen molar-refractivity contribution in [3.8, 4) is 0 Å². The standard InChI is InChI=1S/C11H15N3O2/c1-6-9(7(2)13-11(16)12-6)5-10(15)14-8-3-4-8/h8H,3-5H2,1-2H3,(H,14,15)(H,12,13,16). The molecule has 1 aromatic rings. The van der Waals surface area contributed by atoms with E-state index in [1.54, 1.807) is 13.8 Å². The number of aryl methyl sites for hydroxylation is 2. The van der Waals surface area contributed by atoms with Crippen LogP contribution >= 0.6 is 0 Å². The number of carbonyl (C=O) groups excluding carboxylic acids is 1. The highest BCUT2D eigenvalue weighted by Crippen LogP contribution is 2.19. The molecule has 0 radical (unpaired) electrons. The Kier molecular flexibility index (Phi) is 2.77. The minimum absolute atomic E-state index is 0.00236. The fourth-order valence-electron chi connectivity index (χ4n) is 1.68. The maximum absolute atomic E-state index is 11.6. The Morgan fingerprint density at radius 3 is 2.75 bits per heavy atom. The number of nitrogens with one attached hydrogen (secondary N) is 2. The summed E-state index contributed by atoms with van der Waals surface area (Å²) in [5.74, 6) is 0.00236. The summed E-state index contributed by atoms with van der Waals surface area (Å²) in [6, 6.07) is 0.365. The highest BCUT2D eigenvalue weighted by molar-refractivity contribution is 5.79. The van der Waals surface area contributed by atoms with Crippen LogP contribution in [0.4, 0.5) is 0 Å². The molecule has 16 heavy (non-hydrogen) atoms. The van der Waals surface area contributed by atoms with Crippen molar-refractivity contribution in [1.29, 1.82) is 0 Å². The Bertz CT molecular complexity index is 448. The first kappa shape index (κ1) is 10.9. The van der Waals surface area contributed by atoms with Crippen LogP contribution in [0.3, 0.4) is 0 Å². The molecule has 1 aliphatic rings. The van der Waals surface area contributed by atoms with E-state index in [0.717, 1.165) is 24.1 Å². The Balaban J connectivity index is 2.13. The Morgan fingerprint density at radius 1 is 1.50 bits per heavy atom. The van der Waals surface area contributed by atoms with Gasteiger partial charge in [0, 0.05) is 23.0 Å². The molecule has 0 aliphatic heterocycles. The van der Waals surface area contributed by atoms with Crippen molar-refractivity contribution in [2.24, 2.45) is 0 Å². The Hall–Kier alpha value is -1.65. The first-order chi connectivity index (χ1) is 7.56. The van der Waals surface area contributed by atoms with E-state index in [1.165, 1.54) is 0 Å². The van der Waals surface area contributed by atoms with Crippen molar-refractivity contribution >= 4 is 5.91 Å². The predicted molar refractivity (Wildman–Crippen MR) is 59.2 cm³/mol. The molecule has 1 amide bonds. The third kappa shape index (κ3) is 2.48. The second-order valence-electron chi connectivity index (χ2n) is 4.25. The zero-order chi connectivity index (χ0) is 11.7. The maximum Gasteiger partial charge on any atom is 0.345 e. The van der Waals surface area contributed by atoms with Crippen molar-refractivity contribution < 1.29 is 4.79 Å². The van der Waals surface area contributed by atoms with E-state index in [4.69, 9.17) is 0 Å².